The van der Waals surface area contributed by atoms with Crippen molar-refractivity contribution in [2.24, 2.45) is 0 Å². The van der Waals surface area contributed by atoms with Crippen LogP contribution in [0, 0.1) is 5.82 Å². The molecule has 17 heavy (non-hydrogen) atoms. The summed E-state index contributed by atoms with van der Waals surface area (Å²) in [6.07, 6.45) is 1.55. The van der Waals surface area contributed by atoms with Crippen molar-refractivity contribution >= 4 is 11.8 Å². The molecule has 2 rings (SSSR count). The maximum atomic E-state index is 13.2. The quantitative estimate of drug-likeness (QED) is 0.773. The Kier molecular flexibility index (Phi) is 3.79. The van der Waals surface area contributed by atoms with Gasteiger partial charge in [0.1, 0.15) is 11.6 Å². The first-order valence-corrected chi connectivity index (χ1v) is 5.58. The number of rotatable bonds is 3. The molecule has 0 N–H and O–H groups in total. The van der Waals surface area contributed by atoms with Crippen LogP contribution in [0.4, 0.5) is 13.2 Å². The van der Waals surface area contributed by atoms with Crippen LogP contribution in [-0.2, 0) is 0 Å². The largest absolute Gasteiger partial charge is 0.434 e. The van der Waals surface area contributed by atoms with E-state index < -0.39 is 12.4 Å². The molecule has 2 nitrogen and oxygen atoms in total. The van der Waals surface area contributed by atoms with Crippen molar-refractivity contribution in [3.8, 4) is 5.75 Å². The Bertz CT molecular complexity index is 402. The van der Waals surface area contributed by atoms with Crippen LogP contribution in [0.3, 0.4) is 0 Å². The second kappa shape index (κ2) is 5.14. The molecule has 0 spiro atoms. The number of hydrogen-bond acceptors (Lipinski definition) is 2. The van der Waals surface area contributed by atoms with Crippen LogP contribution in [0.5, 0.6) is 5.75 Å². The molecule has 0 saturated carbocycles. The third-order valence-corrected chi connectivity index (χ3v) is 3.14. The topological polar surface area (TPSA) is 12.5 Å². The molecule has 1 aliphatic heterocycles. The van der Waals surface area contributed by atoms with Gasteiger partial charge in [-0.2, -0.15) is 8.78 Å². The van der Waals surface area contributed by atoms with Crippen molar-refractivity contribution in [3.05, 3.63) is 29.6 Å². The second-order valence-corrected chi connectivity index (χ2v) is 4.28. The molecule has 6 heteroatoms. The SMILES string of the molecule is Fc1ccc(OC(F)F)c([C@H]2CCCN2Cl)c1. The number of hydrogen-bond donors (Lipinski definition) is 0. The lowest BCUT2D eigenvalue weighted by Gasteiger charge is -2.20. The number of ether oxygens (including phenoxy) is 1. The van der Waals surface area contributed by atoms with Gasteiger partial charge in [-0.15, -0.1) is 0 Å². The number of alkyl halides is 2. The average molecular weight is 266 g/mol. The minimum absolute atomic E-state index is 0.0149. The number of benzene rings is 1. The molecule has 1 aliphatic rings. The van der Waals surface area contributed by atoms with Gasteiger partial charge in [0.05, 0.1) is 6.04 Å². The standard InChI is InChI=1S/C11H11ClF3NO/c12-16-5-1-2-9(16)8-6-7(13)3-4-10(8)17-11(14)15/h3-4,6,9,11H,1-2,5H2/t9-/m1/s1. The molecule has 94 valence electrons. The van der Waals surface area contributed by atoms with E-state index in [1.54, 1.807) is 0 Å². The molecule has 0 aromatic heterocycles. The first kappa shape index (κ1) is 12.5. The Hall–Kier alpha value is -0.940. The molecule has 0 amide bonds. The Morgan fingerprint density at radius 1 is 1.41 bits per heavy atom. The van der Waals surface area contributed by atoms with E-state index in [4.69, 9.17) is 11.8 Å². The zero-order valence-electron chi connectivity index (χ0n) is 8.88. The lowest BCUT2D eigenvalue weighted by atomic mass is 10.0. The molecule has 1 atom stereocenters. The minimum atomic E-state index is -2.93. The van der Waals surface area contributed by atoms with Gasteiger partial charge in [-0.25, -0.2) is 8.81 Å². The van der Waals surface area contributed by atoms with E-state index >= 15 is 0 Å². The van der Waals surface area contributed by atoms with E-state index in [0.29, 0.717) is 18.5 Å². The van der Waals surface area contributed by atoms with Crippen LogP contribution in [0.1, 0.15) is 24.4 Å². The Labute approximate surface area is 102 Å². The molecular weight excluding hydrogens is 255 g/mol. The van der Waals surface area contributed by atoms with Gasteiger partial charge < -0.3 is 4.74 Å². The molecule has 0 aliphatic carbocycles. The number of halogens is 4. The summed E-state index contributed by atoms with van der Waals surface area (Å²) in [7, 11) is 0. The maximum absolute atomic E-state index is 13.2. The molecule has 0 bridgehead atoms. The molecule has 1 fully saturated rings. The van der Waals surface area contributed by atoms with Crippen LogP contribution < -0.4 is 4.74 Å². The van der Waals surface area contributed by atoms with Crippen molar-refractivity contribution in [1.29, 1.82) is 0 Å². The van der Waals surface area contributed by atoms with Crippen molar-refractivity contribution in [1.82, 2.24) is 4.42 Å². The molecule has 1 aromatic carbocycles. The molecule has 1 saturated heterocycles. The normalized spacial score (nSPS) is 21.1. The van der Waals surface area contributed by atoms with Crippen molar-refractivity contribution in [2.75, 3.05) is 6.54 Å². The first-order chi connectivity index (χ1) is 8.08. The predicted octanol–water partition coefficient (Wildman–Crippen LogP) is 3.72. The van der Waals surface area contributed by atoms with Gasteiger partial charge in [0.25, 0.3) is 0 Å². The average Bonchev–Trinajstić information content (AvgIpc) is 2.66. The summed E-state index contributed by atoms with van der Waals surface area (Å²) in [5.41, 5.74) is 0.373. The fourth-order valence-electron chi connectivity index (χ4n) is 2.02. The molecular formula is C11H11ClF3NO. The third kappa shape index (κ3) is 2.84. The van der Waals surface area contributed by atoms with Gasteiger partial charge in [-0.05, 0) is 42.8 Å². The summed E-state index contributed by atoms with van der Waals surface area (Å²) in [5, 5.41) is 0. The van der Waals surface area contributed by atoms with Gasteiger partial charge in [0.2, 0.25) is 0 Å². The summed E-state index contributed by atoms with van der Waals surface area (Å²) in [4.78, 5) is 0. The van der Waals surface area contributed by atoms with Gasteiger partial charge in [0.15, 0.2) is 0 Å². The zero-order valence-corrected chi connectivity index (χ0v) is 9.63. The van der Waals surface area contributed by atoms with Crippen molar-refractivity contribution in [3.63, 3.8) is 0 Å². The smallest absolute Gasteiger partial charge is 0.387 e. The lowest BCUT2D eigenvalue weighted by Crippen LogP contribution is -2.14. The monoisotopic (exact) mass is 265 g/mol. The summed E-state index contributed by atoms with van der Waals surface area (Å²) >= 11 is 5.94. The highest BCUT2D eigenvalue weighted by atomic mass is 35.5. The first-order valence-electron chi connectivity index (χ1n) is 5.24. The van der Waals surface area contributed by atoms with Gasteiger partial charge in [-0.1, -0.05) is 0 Å². The fourth-order valence-corrected chi connectivity index (χ4v) is 2.34. The second-order valence-electron chi connectivity index (χ2n) is 3.84. The lowest BCUT2D eigenvalue weighted by molar-refractivity contribution is -0.0509. The van der Waals surface area contributed by atoms with E-state index in [2.05, 4.69) is 4.74 Å². The fraction of sp³-hybridized carbons (Fsp3) is 0.455. The Morgan fingerprint density at radius 3 is 2.76 bits per heavy atom. The predicted molar refractivity (Wildman–Crippen MR) is 57.6 cm³/mol. The number of nitrogens with zero attached hydrogens (tertiary/aromatic N) is 1. The van der Waals surface area contributed by atoms with Crippen molar-refractivity contribution in [2.45, 2.75) is 25.5 Å². The van der Waals surface area contributed by atoms with E-state index in [1.165, 1.54) is 16.6 Å². The highest BCUT2D eigenvalue weighted by molar-refractivity contribution is 6.13. The third-order valence-electron chi connectivity index (χ3n) is 2.73. The summed E-state index contributed by atoms with van der Waals surface area (Å²) in [6.45, 7) is -2.28. The van der Waals surface area contributed by atoms with Gasteiger partial charge >= 0.3 is 6.61 Å². The van der Waals surface area contributed by atoms with Crippen LogP contribution in [-0.4, -0.2) is 17.6 Å². The van der Waals surface area contributed by atoms with Crippen LogP contribution in [0.15, 0.2) is 18.2 Å². The Balaban J connectivity index is 2.32. The molecule has 1 heterocycles. The highest BCUT2D eigenvalue weighted by Gasteiger charge is 2.28. The van der Waals surface area contributed by atoms with E-state index in [1.807, 2.05) is 0 Å². The van der Waals surface area contributed by atoms with Crippen LogP contribution in [0.25, 0.3) is 0 Å². The van der Waals surface area contributed by atoms with E-state index in [9.17, 15) is 13.2 Å². The van der Waals surface area contributed by atoms with E-state index in [0.717, 1.165) is 12.5 Å². The maximum Gasteiger partial charge on any atom is 0.387 e. The van der Waals surface area contributed by atoms with Crippen LogP contribution in [0.2, 0.25) is 0 Å². The molecule has 0 radical (unpaired) electrons. The van der Waals surface area contributed by atoms with Gasteiger partial charge in [0, 0.05) is 12.1 Å². The van der Waals surface area contributed by atoms with Crippen molar-refractivity contribution < 1.29 is 17.9 Å². The van der Waals surface area contributed by atoms with E-state index in [-0.39, 0.29) is 11.8 Å². The van der Waals surface area contributed by atoms with Crippen LogP contribution >= 0.6 is 11.8 Å². The summed E-state index contributed by atoms with van der Waals surface area (Å²) in [5.74, 6) is -0.502. The highest BCUT2D eigenvalue weighted by Crippen LogP contribution is 2.38. The molecule has 1 aromatic rings. The molecule has 0 unspecified atom stereocenters. The minimum Gasteiger partial charge on any atom is -0.434 e. The Morgan fingerprint density at radius 2 is 2.18 bits per heavy atom. The summed E-state index contributed by atoms with van der Waals surface area (Å²) in [6, 6.07) is 3.22. The summed E-state index contributed by atoms with van der Waals surface area (Å²) < 4.78 is 43.5. The zero-order chi connectivity index (χ0) is 12.4. The van der Waals surface area contributed by atoms with Gasteiger partial charge in [-0.3, -0.25) is 0 Å².